The molecule has 1 aromatic carbocycles. The van der Waals surface area contributed by atoms with E-state index in [2.05, 4.69) is 4.99 Å². The summed E-state index contributed by atoms with van der Waals surface area (Å²) in [6.45, 7) is 0.405. The molecule has 1 aliphatic rings. The molecule has 0 spiro atoms. The molecule has 15 heavy (non-hydrogen) atoms. The summed E-state index contributed by atoms with van der Waals surface area (Å²) in [6.07, 6.45) is 2.26. The van der Waals surface area contributed by atoms with Gasteiger partial charge in [-0.3, -0.25) is 0 Å². The fraction of sp³-hybridized carbons (Fsp3) is 0.364. The minimum atomic E-state index is -0.123. The number of aliphatic imine (C=N–C) groups is 1. The number of carbonyl (C=O) groups excluding carboxylic acids is 1. The van der Waals surface area contributed by atoms with Gasteiger partial charge in [0.15, 0.2) is 11.5 Å². The zero-order valence-electron chi connectivity index (χ0n) is 8.40. The Morgan fingerprint density at radius 3 is 3.20 bits per heavy atom. The van der Waals surface area contributed by atoms with E-state index in [0.717, 1.165) is 17.1 Å². The Balaban J connectivity index is 2.31. The van der Waals surface area contributed by atoms with Crippen LogP contribution in [0.4, 0.5) is 0 Å². The Labute approximate surface area is 87.5 Å². The van der Waals surface area contributed by atoms with Crippen molar-refractivity contribution in [1.82, 2.24) is 0 Å². The van der Waals surface area contributed by atoms with E-state index in [1.165, 1.54) is 0 Å². The number of methoxy groups -OCH3 is 1. The van der Waals surface area contributed by atoms with Crippen molar-refractivity contribution in [3.05, 3.63) is 23.8 Å². The first kappa shape index (κ1) is 9.74. The van der Waals surface area contributed by atoms with Crippen molar-refractivity contribution in [3.63, 3.8) is 0 Å². The van der Waals surface area contributed by atoms with Crippen LogP contribution in [0.3, 0.4) is 0 Å². The van der Waals surface area contributed by atoms with E-state index >= 15 is 0 Å². The van der Waals surface area contributed by atoms with Gasteiger partial charge in [-0.05, 0) is 6.07 Å². The molecular formula is C11H11NO3. The number of benzene rings is 1. The molecule has 0 bridgehead atoms. The van der Waals surface area contributed by atoms with Crippen molar-refractivity contribution in [1.29, 1.82) is 0 Å². The quantitative estimate of drug-likeness (QED) is 0.540. The third kappa shape index (κ3) is 1.85. The monoisotopic (exact) mass is 205 g/mol. The average molecular weight is 205 g/mol. The summed E-state index contributed by atoms with van der Waals surface area (Å²) < 4.78 is 10.7. The van der Waals surface area contributed by atoms with Crippen LogP contribution < -0.4 is 9.47 Å². The normalized spacial score (nSPS) is 18.3. The van der Waals surface area contributed by atoms with Gasteiger partial charge in [0.05, 0.1) is 7.11 Å². The molecule has 2 rings (SSSR count). The second kappa shape index (κ2) is 4.15. The molecule has 1 aliphatic heterocycles. The van der Waals surface area contributed by atoms with Crippen LogP contribution in [0.1, 0.15) is 5.56 Å². The standard InChI is InChI=1S/C11H11NO3/c1-14-10-4-2-3-8-5-9(12-7-13)6-15-11(8)10/h2-4,9H,5-6H2,1H3. The van der Waals surface area contributed by atoms with E-state index < -0.39 is 0 Å². The highest BCUT2D eigenvalue weighted by Gasteiger charge is 2.21. The van der Waals surface area contributed by atoms with Crippen LogP contribution in [-0.2, 0) is 11.2 Å². The smallest absolute Gasteiger partial charge is 0.235 e. The lowest BCUT2D eigenvalue weighted by atomic mass is 10.0. The third-order valence-electron chi connectivity index (χ3n) is 2.39. The van der Waals surface area contributed by atoms with Crippen molar-refractivity contribution >= 4 is 6.08 Å². The molecule has 1 heterocycles. The number of hydrogen-bond acceptors (Lipinski definition) is 4. The largest absolute Gasteiger partial charge is 0.493 e. The van der Waals surface area contributed by atoms with E-state index in [4.69, 9.17) is 9.47 Å². The van der Waals surface area contributed by atoms with Gasteiger partial charge < -0.3 is 9.47 Å². The number of ether oxygens (including phenoxy) is 2. The molecule has 0 saturated heterocycles. The van der Waals surface area contributed by atoms with Crippen LogP contribution in [0.25, 0.3) is 0 Å². The molecule has 1 atom stereocenters. The molecule has 4 heteroatoms. The number of hydrogen-bond donors (Lipinski definition) is 0. The summed E-state index contributed by atoms with van der Waals surface area (Å²) in [4.78, 5) is 13.8. The molecule has 0 amide bonds. The van der Waals surface area contributed by atoms with Crippen LogP contribution in [0.5, 0.6) is 11.5 Å². The van der Waals surface area contributed by atoms with E-state index in [9.17, 15) is 4.79 Å². The third-order valence-corrected chi connectivity index (χ3v) is 2.39. The Morgan fingerprint density at radius 2 is 2.47 bits per heavy atom. The average Bonchev–Trinajstić information content (AvgIpc) is 2.28. The SMILES string of the molecule is COc1cccc2c1OCC(N=C=O)C2. The summed E-state index contributed by atoms with van der Waals surface area (Å²) in [7, 11) is 1.61. The van der Waals surface area contributed by atoms with Gasteiger partial charge in [-0.15, -0.1) is 0 Å². The number of isocyanates is 1. The lowest BCUT2D eigenvalue weighted by Gasteiger charge is -2.23. The van der Waals surface area contributed by atoms with E-state index in [1.54, 1.807) is 13.2 Å². The van der Waals surface area contributed by atoms with E-state index in [0.29, 0.717) is 13.0 Å². The molecular weight excluding hydrogens is 194 g/mol. The lowest BCUT2D eigenvalue weighted by molar-refractivity contribution is 0.249. The first-order valence-corrected chi connectivity index (χ1v) is 4.71. The summed E-state index contributed by atoms with van der Waals surface area (Å²) in [5.41, 5.74) is 1.02. The summed E-state index contributed by atoms with van der Waals surface area (Å²) >= 11 is 0. The second-order valence-corrected chi connectivity index (χ2v) is 3.34. The predicted molar refractivity (Wildman–Crippen MR) is 54.1 cm³/mol. The van der Waals surface area contributed by atoms with Gasteiger partial charge in [-0.25, -0.2) is 4.79 Å². The van der Waals surface area contributed by atoms with Gasteiger partial charge in [-0.2, -0.15) is 4.99 Å². The number of fused-ring (bicyclic) bond motifs is 1. The first-order chi connectivity index (χ1) is 7.35. The summed E-state index contributed by atoms with van der Waals surface area (Å²) in [5, 5.41) is 0. The molecule has 0 saturated carbocycles. The van der Waals surface area contributed by atoms with Gasteiger partial charge in [-0.1, -0.05) is 12.1 Å². The number of rotatable bonds is 2. The Kier molecular flexibility index (Phi) is 2.70. The maximum atomic E-state index is 10.1. The van der Waals surface area contributed by atoms with Crippen molar-refractivity contribution in [3.8, 4) is 11.5 Å². The highest BCUT2D eigenvalue weighted by molar-refractivity contribution is 5.48. The fourth-order valence-electron chi connectivity index (χ4n) is 1.70. The Morgan fingerprint density at radius 1 is 1.60 bits per heavy atom. The first-order valence-electron chi connectivity index (χ1n) is 4.71. The summed E-state index contributed by atoms with van der Waals surface area (Å²) in [6, 6.07) is 5.57. The zero-order chi connectivity index (χ0) is 10.7. The van der Waals surface area contributed by atoms with Crippen molar-refractivity contribution < 1.29 is 14.3 Å². The summed E-state index contributed by atoms with van der Waals surface area (Å²) in [5.74, 6) is 1.48. The number of para-hydroxylation sites is 1. The van der Waals surface area contributed by atoms with E-state index in [-0.39, 0.29) is 6.04 Å². The molecule has 4 nitrogen and oxygen atoms in total. The molecule has 0 fully saturated rings. The molecule has 78 valence electrons. The maximum Gasteiger partial charge on any atom is 0.235 e. The Bertz CT molecular complexity index is 410. The molecule has 0 aliphatic carbocycles. The van der Waals surface area contributed by atoms with Crippen LogP contribution in [0.15, 0.2) is 23.2 Å². The number of nitrogens with zero attached hydrogens (tertiary/aromatic N) is 1. The minimum absolute atomic E-state index is 0.123. The van der Waals surface area contributed by atoms with Crippen molar-refractivity contribution in [2.24, 2.45) is 4.99 Å². The maximum absolute atomic E-state index is 10.1. The van der Waals surface area contributed by atoms with E-state index in [1.807, 2.05) is 18.2 Å². The van der Waals surface area contributed by atoms with Gasteiger partial charge in [0.1, 0.15) is 12.6 Å². The second-order valence-electron chi connectivity index (χ2n) is 3.34. The van der Waals surface area contributed by atoms with Gasteiger partial charge in [0.2, 0.25) is 6.08 Å². The van der Waals surface area contributed by atoms with Crippen LogP contribution in [0.2, 0.25) is 0 Å². The highest BCUT2D eigenvalue weighted by atomic mass is 16.5. The topological polar surface area (TPSA) is 47.9 Å². The molecule has 1 unspecified atom stereocenters. The van der Waals surface area contributed by atoms with Gasteiger partial charge in [0, 0.05) is 12.0 Å². The van der Waals surface area contributed by atoms with Crippen LogP contribution in [-0.4, -0.2) is 25.8 Å². The van der Waals surface area contributed by atoms with Crippen LogP contribution in [0, 0.1) is 0 Å². The minimum Gasteiger partial charge on any atom is -0.493 e. The van der Waals surface area contributed by atoms with Crippen LogP contribution >= 0.6 is 0 Å². The van der Waals surface area contributed by atoms with Crippen molar-refractivity contribution in [2.75, 3.05) is 13.7 Å². The molecule has 0 radical (unpaired) electrons. The lowest BCUT2D eigenvalue weighted by Crippen LogP contribution is -2.24. The van der Waals surface area contributed by atoms with Gasteiger partial charge >= 0.3 is 0 Å². The molecule has 0 aromatic heterocycles. The highest BCUT2D eigenvalue weighted by Crippen LogP contribution is 2.34. The van der Waals surface area contributed by atoms with Crippen molar-refractivity contribution in [2.45, 2.75) is 12.5 Å². The van der Waals surface area contributed by atoms with Gasteiger partial charge in [0.25, 0.3) is 0 Å². The molecule has 1 aromatic rings. The fourth-order valence-corrected chi connectivity index (χ4v) is 1.70. The predicted octanol–water partition coefficient (Wildman–Crippen LogP) is 1.33. The molecule has 0 N–H and O–H groups in total. The Hall–Kier alpha value is -1.80. The zero-order valence-corrected chi connectivity index (χ0v) is 8.40.